The molecule has 5 rings (SSSR count). The van der Waals surface area contributed by atoms with Gasteiger partial charge in [-0.25, -0.2) is 0 Å². The van der Waals surface area contributed by atoms with Gasteiger partial charge in [-0.15, -0.1) is 0 Å². The molecule has 202 valence electrons. The highest BCUT2D eigenvalue weighted by molar-refractivity contribution is 5.10. The Labute approximate surface area is 216 Å². The number of aliphatic hydroxyl groups excluding tert-OH is 2. The van der Waals surface area contributed by atoms with Crippen LogP contribution in [0.5, 0.6) is 0 Å². The molecule has 0 aromatic heterocycles. The summed E-state index contributed by atoms with van der Waals surface area (Å²) < 4.78 is 0. The van der Waals surface area contributed by atoms with Crippen molar-refractivity contribution < 1.29 is 10.2 Å². The van der Waals surface area contributed by atoms with E-state index in [1.807, 2.05) is 0 Å². The summed E-state index contributed by atoms with van der Waals surface area (Å²) >= 11 is 0. The summed E-state index contributed by atoms with van der Waals surface area (Å²) in [6.07, 6.45) is 13.4. The molecule has 4 aliphatic carbocycles. The molecule has 0 bridgehead atoms. The van der Waals surface area contributed by atoms with Crippen molar-refractivity contribution in [3.8, 4) is 0 Å². The van der Waals surface area contributed by atoms with Crippen LogP contribution in [0.4, 0.5) is 0 Å². The molecule has 10 unspecified atom stereocenters. The Bertz CT molecular complexity index is 714. The van der Waals surface area contributed by atoms with E-state index in [1.165, 1.54) is 57.8 Å². The number of rotatable bonds is 4. The maximum Gasteiger partial charge on any atom is 0.0625 e. The molecule has 0 aromatic rings. The number of likely N-dealkylation sites (tertiary alicyclic amines) is 1. The van der Waals surface area contributed by atoms with Gasteiger partial charge < -0.3 is 10.2 Å². The van der Waals surface area contributed by atoms with Crippen LogP contribution < -0.4 is 0 Å². The van der Waals surface area contributed by atoms with Gasteiger partial charge in [0, 0.05) is 24.0 Å². The fraction of sp³-hybridized carbons (Fsp3) is 1.00. The van der Waals surface area contributed by atoms with Crippen molar-refractivity contribution in [1.29, 1.82) is 0 Å². The molecule has 1 aliphatic heterocycles. The topological polar surface area (TPSA) is 43.7 Å². The summed E-state index contributed by atoms with van der Waals surface area (Å²) in [5.41, 5.74) is 0.683. The van der Waals surface area contributed by atoms with E-state index in [0.717, 1.165) is 36.5 Å². The van der Waals surface area contributed by atoms with Crippen LogP contribution in [0.2, 0.25) is 0 Å². The Hall–Kier alpha value is -0.120. The molecule has 0 aromatic carbocycles. The van der Waals surface area contributed by atoms with Crippen LogP contribution >= 0.6 is 0 Å². The summed E-state index contributed by atoms with van der Waals surface area (Å²) in [4.78, 5) is 2.89. The minimum Gasteiger partial charge on any atom is -0.392 e. The molecule has 3 nitrogen and oxygen atoms in total. The van der Waals surface area contributed by atoms with Crippen molar-refractivity contribution >= 4 is 0 Å². The minimum atomic E-state index is -0.289. The molecule has 1 saturated heterocycles. The third-order valence-electron chi connectivity index (χ3n) is 12.5. The van der Waals surface area contributed by atoms with Gasteiger partial charge in [0.25, 0.3) is 0 Å². The van der Waals surface area contributed by atoms with Crippen LogP contribution in [0.15, 0.2) is 0 Å². The van der Waals surface area contributed by atoms with Crippen molar-refractivity contribution in [2.75, 3.05) is 0 Å². The molecule has 2 N–H and O–H groups in total. The van der Waals surface area contributed by atoms with Gasteiger partial charge in [-0.2, -0.15) is 0 Å². The zero-order valence-corrected chi connectivity index (χ0v) is 24.0. The molecule has 5 fully saturated rings. The number of hydrogen-bond donors (Lipinski definition) is 2. The lowest BCUT2D eigenvalue weighted by Crippen LogP contribution is -2.45. The highest BCUT2D eigenvalue weighted by Crippen LogP contribution is 2.58. The molecule has 35 heavy (non-hydrogen) atoms. The van der Waals surface area contributed by atoms with Crippen LogP contribution in [0, 0.1) is 52.3 Å². The second-order valence-electron chi connectivity index (χ2n) is 15.8. The molecular formula is C32H57NO2. The predicted octanol–water partition coefficient (Wildman–Crippen LogP) is 6.90. The second-order valence-corrected chi connectivity index (χ2v) is 15.8. The van der Waals surface area contributed by atoms with Crippen LogP contribution in [0.3, 0.4) is 0 Å². The van der Waals surface area contributed by atoms with Gasteiger partial charge in [-0.1, -0.05) is 60.3 Å². The van der Waals surface area contributed by atoms with Gasteiger partial charge in [-0.05, 0) is 105 Å². The van der Waals surface area contributed by atoms with E-state index < -0.39 is 0 Å². The first-order chi connectivity index (χ1) is 16.4. The summed E-state index contributed by atoms with van der Waals surface area (Å²) in [6, 6.07) is 1.82. The van der Waals surface area contributed by atoms with Gasteiger partial charge in [0.15, 0.2) is 0 Å². The zero-order chi connectivity index (χ0) is 25.3. The summed E-state index contributed by atoms with van der Waals surface area (Å²) in [7, 11) is 0. The summed E-state index contributed by atoms with van der Waals surface area (Å²) in [5.74, 6) is 3.99. The fourth-order valence-electron chi connectivity index (χ4n) is 10.5. The number of nitrogens with zero attached hydrogens (tertiary/aromatic N) is 1. The smallest absolute Gasteiger partial charge is 0.0625 e. The first-order valence-electron chi connectivity index (χ1n) is 15.5. The highest BCUT2D eigenvalue weighted by Gasteiger charge is 2.58. The average Bonchev–Trinajstić information content (AvgIpc) is 3.16. The largest absolute Gasteiger partial charge is 0.392 e. The normalized spacial score (nSPS) is 48.0. The van der Waals surface area contributed by atoms with Crippen LogP contribution in [-0.2, 0) is 0 Å². The third-order valence-corrected chi connectivity index (χ3v) is 12.5. The van der Waals surface area contributed by atoms with E-state index >= 15 is 0 Å². The van der Waals surface area contributed by atoms with E-state index in [4.69, 9.17) is 0 Å². The first kappa shape index (κ1) is 26.5. The van der Waals surface area contributed by atoms with Gasteiger partial charge in [0.2, 0.25) is 0 Å². The molecule has 4 saturated carbocycles. The number of fused-ring (bicyclic) bond motifs is 3. The fourth-order valence-corrected chi connectivity index (χ4v) is 10.5. The van der Waals surface area contributed by atoms with Gasteiger partial charge >= 0.3 is 0 Å². The maximum atomic E-state index is 11.5. The van der Waals surface area contributed by atoms with Crippen molar-refractivity contribution in [3.63, 3.8) is 0 Å². The minimum absolute atomic E-state index is 0.0833. The Balaban J connectivity index is 1.30. The van der Waals surface area contributed by atoms with Crippen molar-refractivity contribution in [3.05, 3.63) is 0 Å². The molecule has 3 heteroatoms. The Morgan fingerprint density at radius 1 is 0.829 bits per heavy atom. The van der Waals surface area contributed by atoms with Crippen LogP contribution in [0.25, 0.3) is 0 Å². The number of hydrogen-bond acceptors (Lipinski definition) is 3. The number of aliphatic hydroxyl groups is 2. The highest BCUT2D eigenvalue weighted by atomic mass is 16.3. The van der Waals surface area contributed by atoms with E-state index in [-0.39, 0.29) is 23.5 Å². The predicted molar refractivity (Wildman–Crippen MR) is 145 cm³/mol. The first-order valence-corrected chi connectivity index (χ1v) is 15.5. The van der Waals surface area contributed by atoms with Gasteiger partial charge in [0.1, 0.15) is 0 Å². The lowest BCUT2D eigenvalue weighted by Gasteiger charge is -2.44. The Morgan fingerprint density at radius 3 is 1.91 bits per heavy atom. The summed E-state index contributed by atoms with van der Waals surface area (Å²) in [6.45, 7) is 17.2. The quantitative estimate of drug-likeness (QED) is 0.453. The standard InChI is InChI=1S/C32H57NO2/c1-19(2)33-27-14-12-22(31(3,4)5)18-26(27)32(6,7)28(33)15-13-23-29(34)24-16-20-10-8-9-11-21(20)17-25(24)30(23)35/h19-30,34-35H,8-18H2,1-7H3. The average molecular weight is 488 g/mol. The lowest BCUT2D eigenvalue weighted by molar-refractivity contribution is 0.0143. The second kappa shape index (κ2) is 9.57. The molecule has 5 aliphatic rings. The Morgan fingerprint density at radius 2 is 1.40 bits per heavy atom. The monoisotopic (exact) mass is 487 g/mol. The third kappa shape index (κ3) is 4.56. The van der Waals surface area contributed by atoms with Gasteiger partial charge in [-0.3, -0.25) is 4.90 Å². The molecule has 0 spiro atoms. The van der Waals surface area contributed by atoms with Crippen molar-refractivity contribution in [1.82, 2.24) is 4.90 Å². The summed E-state index contributed by atoms with van der Waals surface area (Å²) in [5, 5.41) is 23.0. The zero-order valence-electron chi connectivity index (χ0n) is 24.0. The molecule has 0 amide bonds. The van der Waals surface area contributed by atoms with Crippen LogP contribution in [0.1, 0.15) is 119 Å². The molecule has 10 atom stereocenters. The van der Waals surface area contributed by atoms with Crippen molar-refractivity contribution in [2.45, 2.75) is 149 Å². The van der Waals surface area contributed by atoms with Crippen molar-refractivity contribution in [2.24, 2.45) is 52.3 Å². The van der Waals surface area contributed by atoms with E-state index in [2.05, 4.69) is 53.4 Å². The maximum absolute atomic E-state index is 11.5. The lowest BCUT2D eigenvalue weighted by atomic mass is 9.61. The molecule has 0 radical (unpaired) electrons. The Kier molecular flexibility index (Phi) is 7.24. The SMILES string of the molecule is CC(C)N1C2CCC(C(C)(C)C)CC2C(C)(C)C1CCC1C(O)C2CC3CCCCC3CC2C1O. The van der Waals surface area contributed by atoms with Crippen LogP contribution in [-0.4, -0.2) is 45.4 Å². The molecule has 1 heterocycles. The van der Waals surface area contributed by atoms with Gasteiger partial charge in [0.05, 0.1) is 12.2 Å². The van der Waals surface area contributed by atoms with E-state index in [0.29, 0.717) is 35.4 Å². The molecular weight excluding hydrogens is 430 g/mol. The van der Waals surface area contributed by atoms with E-state index in [9.17, 15) is 10.2 Å². The van der Waals surface area contributed by atoms with E-state index in [1.54, 1.807) is 0 Å².